The van der Waals surface area contributed by atoms with E-state index in [2.05, 4.69) is 36.6 Å². The van der Waals surface area contributed by atoms with Crippen LogP contribution >= 0.6 is 31.9 Å². The third-order valence-electron chi connectivity index (χ3n) is 2.64. The van der Waals surface area contributed by atoms with Gasteiger partial charge in [0.2, 0.25) is 0 Å². The minimum absolute atomic E-state index is 0.0577. The van der Waals surface area contributed by atoms with Crippen molar-refractivity contribution in [2.75, 3.05) is 17.7 Å². The predicted octanol–water partition coefficient (Wildman–Crippen LogP) is 2.10. The summed E-state index contributed by atoms with van der Waals surface area (Å²) in [6.07, 6.45) is 0.717. The van der Waals surface area contributed by atoms with Crippen molar-refractivity contribution in [3.63, 3.8) is 0 Å². The van der Waals surface area contributed by atoms with Crippen molar-refractivity contribution in [3.05, 3.63) is 0 Å². The molecular weight excluding hydrogens is 360 g/mol. The molecule has 0 aromatic heterocycles. The molecule has 16 heavy (non-hydrogen) atoms. The van der Waals surface area contributed by atoms with Crippen LogP contribution in [0.2, 0.25) is 0 Å². The van der Waals surface area contributed by atoms with Crippen molar-refractivity contribution >= 4 is 42.1 Å². The van der Waals surface area contributed by atoms with E-state index in [4.69, 9.17) is 0 Å². The van der Waals surface area contributed by atoms with Gasteiger partial charge in [0.1, 0.15) is 0 Å². The van der Waals surface area contributed by atoms with E-state index in [0.717, 1.165) is 0 Å². The summed E-state index contributed by atoms with van der Waals surface area (Å²) in [5.41, 5.74) is -0.470. The molecule has 0 aliphatic rings. The van der Waals surface area contributed by atoms with Crippen molar-refractivity contribution < 1.29 is 8.42 Å². The van der Waals surface area contributed by atoms with Gasteiger partial charge in [0.05, 0.1) is 5.54 Å². The van der Waals surface area contributed by atoms with Gasteiger partial charge in [-0.15, -0.1) is 0 Å². The molecule has 7 heteroatoms. The lowest BCUT2D eigenvalue weighted by molar-refractivity contribution is 0.377. The Morgan fingerprint density at radius 1 is 1.31 bits per heavy atom. The molecule has 4 nitrogen and oxygen atoms in total. The van der Waals surface area contributed by atoms with E-state index in [1.165, 1.54) is 4.31 Å². The number of hydrogen-bond acceptors (Lipinski definition) is 2. The fraction of sp³-hybridized carbons (Fsp3) is 1.00. The molecule has 0 saturated heterocycles. The number of hydrogen-bond donors (Lipinski definition) is 1. The third kappa shape index (κ3) is 4.25. The Balaban J connectivity index is 4.94. The molecule has 0 aromatic carbocycles. The van der Waals surface area contributed by atoms with Gasteiger partial charge in [0.25, 0.3) is 10.2 Å². The third-order valence-corrected chi connectivity index (χ3v) is 6.66. The molecule has 98 valence electrons. The molecule has 0 spiro atoms. The van der Waals surface area contributed by atoms with E-state index in [1.807, 2.05) is 20.8 Å². The molecule has 0 aromatic rings. The van der Waals surface area contributed by atoms with Crippen LogP contribution in [0, 0.1) is 0 Å². The Hall–Kier alpha value is 0.830. The SMILES string of the molecule is CCC(CBr)(CBr)NS(=O)(=O)N(C)C(C)C. The quantitative estimate of drug-likeness (QED) is 0.688. The molecule has 0 unspecified atom stereocenters. The second kappa shape index (κ2) is 6.68. The van der Waals surface area contributed by atoms with Gasteiger partial charge in [-0.2, -0.15) is 17.4 Å². The Morgan fingerprint density at radius 3 is 2.00 bits per heavy atom. The molecule has 0 saturated carbocycles. The highest BCUT2D eigenvalue weighted by molar-refractivity contribution is 9.09. The second-order valence-corrected chi connectivity index (χ2v) is 6.97. The summed E-state index contributed by atoms with van der Waals surface area (Å²) >= 11 is 6.71. The molecule has 1 N–H and O–H groups in total. The molecule has 0 radical (unpaired) electrons. The maximum Gasteiger partial charge on any atom is 0.279 e. The van der Waals surface area contributed by atoms with Crippen LogP contribution in [0.25, 0.3) is 0 Å². The normalized spacial score (nSPS) is 13.8. The van der Waals surface area contributed by atoms with Gasteiger partial charge in [0.15, 0.2) is 0 Å². The molecule has 0 heterocycles. The maximum atomic E-state index is 12.0. The zero-order valence-corrected chi connectivity index (χ0v) is 14.1. The number of halogens is 2. The first-order valence-corrected chi connectivity index (χ1v) is 8.82. The van der Waals surface area contributed by atoms with Crippen molar-refractivity contribution in [2.45, 2.75) is 38.8 Å². The minimum atomic E-state index is -3.43. The highest BCUT2D eigenvalue weighted by Gasteiger charge is 2.33. The highest BCUT2D eigenvalue weighted by Crippen LogP contribution is 2.19. The summed E-state index contributed by atoms with van der Waals surface area (Å²) in [4.78, 5) is 0. The average Bonchev–Trinajstić information content (AvgIpc) is 2.24. The van der Waals surface area contributed by atoms with Crippen molar-refractivity contribution in [1.82, 2.24) is 9.03 Å². The van der Waals surface area contributed by atoms with Crippen molar-refractivity contribution in [1.29, 1.82) is 0 Å². The van der Waals surface area contributed by atoms with Gasteiger partial charge in [-0.05, 0) is 20.3 Å². The van der Waals surface area contributed by atoms with Gasteiger partial charge < -0.3 is 0 Å². The van der Waals surface area contributed by atoms with Gasteiger partial charge in [0, 0.05) is 23.7 Å². The van der Waals surface area contributed by atoms with Crippen LogP contribution in [0.3, 0.4) is 0 Å². The molecule has 0 aliphatic carbocycles. The first-order valence-electron chi connectivity index (χ1n) is 5.13. The Bertz CT molecular complexity index is 294. The summed E-state index contributed by atoms with van der Waals surface area (Å²) in [5.74, 6) is 0. The van der Waals surface area contributed by atoms with E-state index in [0.29, 0.717) is 17.1 Å². The summed E-state index contributed by atoms with van der Waals surface area (Å²) in [6, 6.07) is -0.0577. The standard InChI is InChI=1S/C9H20Br2N2O2S/c1-5-9(6-10,7-11)12-16(14,15)13(4)8(2)3/h8,12H,5-7H2,1-4H3. The van der Waals surface area contributed by atoms with Crippen LogP contribution < -0.4 is 4.72 Å². The van der Waals surface area contributed by atoms with Crippen LogP contribution in [0.4, 0.5) is 0 Å². The molecule has 0 aliphatic heterocycles. The van der Waals surface area contributed by atoms with Crippen LogP contribution in [-0.2, 0) is 10.2 Å². The molecule has 0 rings (SSSR count). The smallest absolute Gasteiger partial charge is 0.195 e. The largest absolute Gasteiger partial charge is 0.279 e. The molecule has 0 fully saturated rings. The fourth-order valence-electron chi connectivity index (χ4n) is 0.975. The van der Waals surface area contributed by atoms with Crippen LogP contribution in [0.5, 0.6) is 0 Å². The monoisotopic (exact) mass is 378 g/mol. The molecule has 0 atom stereocenters. The van der Waals surface area contributed by atoms with Crippen molar-refractivity contribution in [2.24, 2.45) is 0 Å². The van der Waals surface area contributed by atoms with E-state index < -0.39 is 15.7 Å². The Morgan fingerprint density at radius 2 is 1.75 bits per heavy atom. The Labute approximate surface area is 116 Å². The number of rotatable bonds is 7. The van der Waals surface area contributed by atoms with Crippen LogP contribution in [0.15, 0.2) is 0 Å². The average molecular weight is 380 g/mol. The lowest BCUT2D eigenvalue weighted by atomic mass is 10.0. The molecule has 0 amide bonds. The Kier molecular flexibility index (Phi) is 7.03. The second-order valence-electron chi connectivity index (χ2n) is 4.12. The van der Waals surface area contributed by atoms with Gasteiger partial charge in [-0.25, -0.2) is 0 Å². The number of nitrogens with zero attached hydrogens (tertiary/aromatic N) is 1. The minimum Gasteiger partial charge on any atom is -0.195 e. The predicted molar refractivity (Wildman–Crippen MR) is 75.6 cm³/mol. The van der Waals surface area contributed by atoms with E-state index >= 15 is 0 Å². The lowest BCUT2D eigenvalue weighted by Gasteiger charge is -2.32. The highest BCUT2D eigenvalue weighted by atomic mass is 79.9. The van der Waals surface area contributed by atoms with E-state index in [1.54, 1.807) is 7.05 Å². The fourth-order valence-corrected chi connectivity index (χ4v) is 4.88. The first-order chi connectivity index (χ1) is 7.24. The summed E-state index contributed by atoms with van der Waals surface area (Å²) in [6.45, 7) is 5.64. The lowest BCUT2D eigenvalue weighted by Crippen LogP contribution is -2.55. The zero-order valence-electron chi connectivity index (χ0n) is 10.1. The van der Waals surface area contributed by atoms with Crippen LogP contribution in [0.1, 0.15) is 27.2 Å². The number of alkyl halides is 2. The van der Waals surface area contributed by atoms with Gasteiger partial charge in [-0.1, -0.05) is 38.8 Å². The topological polar surface area (TPSA) is 49.4 Å². The molecule has 0 bridgehead atoms. The van der Waals surface area contributed by atoms with E-state index in [9.17, 15) is 8.42 Å². The van der Waals surface area contributed by atoms with Crippen LogP contribution in [-0.4, -0.2) is 42.0 Å². The summed E-state index contributed by atoms with van der Waals surface area (Å²) < 4.78 is 28.2. The maximum absolute atomic E-state index is 12.0. The molecular formula is C9H20Br2N2O2S. The summed E-state index contributed by atoms with van der Waals surface area (Å²) in [5, 5.41) is 1.15. The summed E-state index contributed by atoms with van der Waals surface area (Å²) in [7, 11) is -1.85. The van der Waals surface area contributed by atoms with Gasteiger partial charge in [-0.3, -0.25) is 0 Å². The zero-order chi connectivity index (χ0) is 13.0. The number of nitrogens with one attached hydrogen (secondary N) is 1. The first kappa shape index (κ1) is 16.8. The van der Waals surface area contributed by atoms with Gasteiger partial charge >= 0.3 is 0 Å². The van der Waals surface area contributed by atoms with E-state index in [-0.39, 0.29) is 6.04 Å². The van der Waals surface area contributed by atoms with Crippen molar-refractivity contribution in [3.8, 4) is 0 Å².